The van der Waals surface area contributed by atoms with Crippen LogP contribution < -0.4 is 0 Å². The molecular weight excluding hydrogens is 288 g/mol. The molecule has 0 saturated carbocycles. The Morgan fingerprint density at radius 2 is 2.09 bits per heavy atom. The number of hydrogen-bond donors (Lipinski definition) is 0. The minimum atomic E-state index is -0.777. The molecule has 0 fully saturated rings. The quantitative estimate of drug-likeness (QED) is 0.785. The second kappa shape index (κ2) is 5.05. The summed E-state index contributed by atoms with van der Waals surface area (Å²) in [6, 6.07) is 4.32. The second-order valence-corrected chi connectivity index (χ2v) is 7.12. The molecule has 1 aromatic carbocycles. The highest BCUT2D eigenvalue weighted by atomic mass is 16.5. The van der Waals surface area contributed by atoms with Crippen LogP contribution in [0.15, 0.2) is 18.2 Å². The van der Waals surface area contributed by atoms with Crippen LogP contribution in [0.25, 0.3) is 6.08 Å². The zero-order chi connectivity index (χ0) is 16.2. The predicted molar refractivity (Wildman–Crippen MR) is 88.3 cm³/mol. The van der Waals surface area contributed by atoms with Gasteiger partial charge >= 0.3 is 5.97 Å². The van der Waals surface area contributed by atoms with Crippen LogP contribution in [0.4, 0.5) is 0 Å². The zero-order valence-electron chi connectivity index (χ0n) is 13.7. The lowest BCUT2D eigenvalue weighted by atomic mass is 9.64. The third kappa shape index (κ3) is 1.89. The molecule has 0 unspecified atom stereocenters. The van der Waals surface area contributed by atoms with Gasteiger partial charge in [0.2, 0.25) is 0 Å². The number of aryl methyl sites for hydroxylation is 1. The van der Waals surface area contributed by atoms with E-state index in [0.29, 0.717) is 12.5 Å². The first-order valence-corrected chi connectivity index (χ1v) is 8.62. The summed E-state index contributed by atoms with van der Waals surface area (Å²) in [5.74, 6) is -0.0695. The summed E-state index contributed by atoms with van der Waals surface area (Å²) in [5.41, 5.74) is 4.16. The topological polar surface area (TPSA) is 43.4 Å². The van der Waals surface area contributed by atoms with Gasteiger partial charge in [-0.2, -0.15) is 0 Å². The van der Waals surface area contributed by atoms with Gasteiger partial charge in [0.1, 0.15) is 0 Å². The van der Waals surface area contributed by atoms with Gasteiger partial charge in [-0.05, 0) is 73.8 Å². The largest absolute Gasteiger partial charge is 0.466 e. The highest BCUT2D eigenvalue weighted by molar-refractivity contribution is 6.07. The van der Waals surface area contributed by atoms with Gasteiger partial charge in [-0.25, -0.2) is 0 Å². The fourth-order valence-corrected chi connectivity index (χ4v) is 4.91. The van der Waals surface area contributed by atoms with Gasteiger partial charge in [0.15, 0.2) is 5.78 Å². The van der Waals surface area contributed by atoms with Crippen LogP contribution in [-0.2, 0) is 26.2 Å². The van der Waals surface area contributed by atoms with Crippen LogP contribution in [0.5, 0.6) is 0 Å². The molecule has 0 saturated heterocycles. The zero-order valence-corrected chi connectivity index (χ0v) is 13.7. The molecule has 0 radical (unpaired) electrons. The monoisotopic (exact) mass is 310 g/mol. The van der Waals surface area contributed by atoms with Crippen molar-refractivity contribution in [2.45, 2.75) is 50.9 Å². The van der Waals surface area contributed by atoms with Crippen LogP contribution in [0.3, 0.4) is 0 Å². The Morgan fingerprint density at radius 3 is 2.87 bits per heavy atom. The average molecular weight is 310 g/mol. The van der Waals surface area contributed by atoms with E-state index in [1.807, 2.05) is 19.9 Å². The molecular formula is C20H22O3. The molecule has 0 aromatic heterocycles. The lowest BCUT2D eigenvalue weighted by Gasteiger charge is -2.37. The summed E-state index contributed by atoms with van der Waals surface area (Å²) < 4.78 is 5.33. The molecule has 0 heterocycles. The van der Waals surface area contributed by atoms with E-state index in [-0.39, 0.29) is 17.7 Å². The van der Waals surface area contributed by atoms with E-state index in [1.165, 1.54) is 11.1 Å². The van der Waals surface area contributed by atoms with Crippen molar-refractivity contribution in [2.75, 3.05) is 6.61 Å². The Bertz CT molecular complexity index is 731. The molecule has 23 heavy (non-hydrogen) atoms. The maximum atomic E-state index is 12.9. The molecule has 0 aliphatic heterocycles. The highest BCUT2D eigenvalue weighted by Crippen LogP contribution is 2.53. The number of ketones is 1. The highest BCUT2D eigenvalue weighted by Gasteiger charge is 2.52. The van der Waals surface area contributed by atoms with Crippen molar-refractivity contribution >= 4 is 17.8 Å². The van der Waals surface area contributed by atoms with Gasteiger partial charge in [-0.3, -0.25) is 9.59 Å². The Kier molecular flexibility index (Phi) is 3.22. The minimum absolute atomic E-state index is 0.0454. The third-order valence-electron chi connectivity index (χ3n) is 6.06. The average Bonchev–Trinajstić information content (AvgIpc) is 2.88. The lowest BCUT2D eigenvalue weighted by Crippen LogP contribution is -2.45. The van der Waals surface area contributed by atoms with Gasteiger partial charge in [0.25, 0.3) is 0 Å². The fourth-order valence-electron chi connectivity index (χ4n) is 4.91. The first-order chi connectivity index (χ1) is 11.1. The van der Waals surface area contributed by atoms with Crippen molar-refractivity contribution in [1.82, 2.24) is 0 Å². The van der Waals surface area contributed by atoms with Crippen molar-refractivity contribution in [3.05, 3.63) is 40.5 Å². The maximum absolute atomic E-state index is 12.9. The molecule has 3 nitrogen and oxygen atoms in total. The molecule has 0 spiro atoms. The van der Waals surface area contributed by atoms with Gasteiger partial charge in [0, 0.05) is 0 Å². The molecule has 3 heteroatoms. The van der Waals surface area contributed by atoms with Crippen molar-refractivity contribution in [1.29, 1.82) is 0 Å². The number of ether oxygens (including phenoxy) is 1. The van der Waals surface area contributed by atoms with Crippen molar-refractivity contribution < 1.29 is 14.3 Å². The summed E-state index contributed by atoms with van der Waals surface area (Å²) in [4.78, 5) is 25.5. The van der Waals surface area contributed by atoms with E-state index in [4.69, 9.17) is 4.74 Å². The van der Waals surface area contributed by atoms with E-state index in [0.717, 1.165) is 36.8 Å². The first-order valence-electron chi connectivity index (χ1n) is 8.62. The molecule has 1 aromatic rings. The number of esters is 1. The van der Waals surface area contributed by atoms with Gasteiger partial charge in [-0.15, -0.1) is 0 Å². The molecule has 0 bridgehead atoms. The van der Waals surface area contributed by atoms with Gasteiger partial charge in [0.05, 0.1) is 17.9 Å². The Labute approximate surface area is 136 Å². The SMILES string of the molecule is CCOC(=O)[C@H]1CC[C@H]2CCc3ccc4c(c32)[C@@]1(C)C(=O)C=C4. The molecule has 4 rings (SSSR count). The Hall–Kier alpha value is -1.90. The minimum Gasteiger partial charge on any atom is -0.466 e. The number of benzene rings is 1. The number of rotatable bonds is 2. The van der Waals surface area contributed by atoms with E-state index >= 15 is 0 Å². The van der Waals surface area contributed by atoms with Gasteiger partial charge in [-0.1, -0.05) is 18.2 Å². The van der Waals surface area contributed by atoms with Crippen LogP contribution in [0, 0.1) is 5.92 Å². The molecule has 0 N–H and O–H groups in total. The summed E-state index contributed by atoms with van der Waals surface area (Å²) >= 11 is 0. The Balaban J connectivity index is 1.97. The smallest absolute Gasteiger partial charge is 0.310 e. The van der Waals surface area contributed by atoms with E-state index < -0.39 is 5.41 Å². The number of carbonyl (C=O) groups excluding carboxylic acids is 2. The van der Waals surface area contributed by atoms with Crippen molar-refractivity contribution in [3.63, 3.8) is 0 Å². The number of hydrogen-bond acceptors (Lipinski definition) is 3. The van der Waals surface area contributed by atoms with Crippen molar-refractivity contribution in [3.8, 4) is 0 Å². The van der Waals surface area contributed by atoms with E-state index in [9.17, 15) is 9.59 Å². The van der Waals surface area contributed by atoms with Crippen LogP contribution in [0.1, 0.15) is 61.3 Å². The summed E-state index contributed by atoms with van der Waals surface area (Å²) in [6.45, 7) is 4.14. The Morgan fingerprint density at radius 1 is 1.26 bits per heavy atom. The van der Waals surface area contributed by atoms with Crippen LogP contribution >= 0.6 is 0 Å². The standard InChI is InChI=1S/C20H22O3/c1-3-23-19(22)15-10-8-13-5-4-12-6-7-14-9-11-16(21)20(15,2)18(14)17(12)13/h6-7,9,11,13,15H,3-5,8,10H2,1-2H3/t13-,15-,20-/m1/s1. The summed E-state index contributed by atoms with van der Waals surface area (Å²) in [7, 11) is 0. The van der Waals surface area contributed by atoms with E-state index in [1.54, 1.807) is 6.08 Å². The van der Waals surface area contributed by atoms with Crippen LogP contribution in [-0.4, -0.2) is 18.4 Å². The molecule has 0 amide bonds. The second-order valence-electron chi connectivity index (χ2n) is 7.12. The molecule has 3 aliphatic rings. The summed E-state index contributed by atoms with van der Waals surface area (Å²) in [5, 5.41) is 0. The van der Waals surface area contributed by atoms with Crippen molar-refractivity contribution in [2.24, 2.45) is 5.92 Å². The number of carbonyl (C=O) groups is 2. The summed E-state index contributed by atoms with van der Waals surface area (Å²) in [6.07, 6.45) is 7.49. The maximum Gasteiger partial charge on any atom is 0.310 e. The third-order valence-corrected chi connectivity index (χ3v) is 6.06. The predicted octanol–water partition coefficient (Wildman–Crippen LogP) is 3.54. The lowest BCUT2D eigenvalue weighted by molar-refractivity contribution is -0.153. The van der Waals surface area contributed by atoms with E-state index in [2.05, 4.69) is 12.1 Å². The number of allylic oxidation sites excluding steroid dienone is 1. The molecule has 3 atom stereocenters. The molecule has 120 valence electrons. The first kappa shape index (κ1) is 14.7. The van der Waals surface area contributed by atoms with Crippen LogP contribution in [0.2, 0.25) is 0 Å². The normalized spacial score (nSPS) is 30.8. The fraction of sp³-hybridized carbons (Fsp3) is 0.500. The van der Waals surface area contributed by atoms with Gasteiger partial charge < -0.3 is 4.74 Å². The molecule has 3 aliphatic carbocycles.